The van der Waals surface area contributed by atoms with Crippen LogP contribution in [0.3, 0.4) is 0 Å². The third-order valence-corrected chi connectivity index (χ3v) is 7.72. The second-order valence-electron chi connectivity index (χ2n) is 10.1. The fraction of sp³-hybridized carbons (Fsp3) is 0.135. The molecule has 0 spiro atoms. The molecule has 0 atom stereocenters. The Kier molecular flexibility index (Phi) is 8.02. The first kappa shape index (κ1) is 28.6. The van der Waals surface area contributed by atoms with Gasteiger partial charge in [0.05, 0.1) is 11.7 Å². The van der Waals surface area contributed by atoms with Gasteiger partial charge in [-0.3, -0.25) is 0 Å². The zero-order valence-electron chi connectivity index (χ0n) is 24.0. The molecule has 1 heterocycles. The highest BCUT2D eigenvalue weighted by Crippen LogP contribution is 2.57. The van der Waals surface area contributed by atoms with Crippen LogP contribution in [0.4, 0.5) is 0 Å². The summed E-state index contributed by atoms with van der Waals surface area (Å²) in [7, 11) is 0. The Hall–Kier alpha value is -5.56. The Morgan fingerprint density at radius 1 is 0.659 bits per heavy atom. The van der Waals surface area contributed by atoms with Crippen LogP contribution >= 0.6 is 0 Å². The average Bonchev–Trinajstić information content (AvgIpc) is 3.65. The lowest BCUT2D eigenvalue weighted by molar-refractivity contribution is -0.139. The van der Waals surface area contributed by atoms with Gasteiger partial charge in [-0.25, -0.2) is 9.59 Å². The van der Waals surface area contributed by atoms with Gasteiger partial charge in [-0.1, -0.05) is 61.7 Å². The monoisotopic (exact) mass is 586 g/mol. The Morgan fingerprint density at radius 2 is 1.23 bits per heavy atom. The van der Waals surface area contributed by atoms with Gasteiger partial charge in [0.15, 0.2) is 0 Å². The molecule has 0 N–H and O–H groups in total. The van der Waals surface area contributed by atoms with Gasteiger partial charge in [0, 0.05) is 17.5 Å². The minimum Gasteiger partial charge on any atom is -0.490 e. The molecule has 4 aromatic carbocycles. The molecule has 0 saturated heterocycles. The number of carbonyl (C=O) groups excluding carboxylic acids is 2. The molecule has 0 aliphatic heterocycles. The standard InChI is InChI=1S/C37H30O7/c1-3-35(38)43-21-19-40-28-13-9-26(10-14-28)37(27-11-15-29(16-12-27)41-20-22-44-36(39)4-2)32-8-6-5-7-30(32)31-24-34-25(17-18-42-34)23-33(31)37/h3-18,23-24H,1-2,19-22H2. The van der Waals surface area contributed by atoms with E-state index in [0.717, 1.165) is 56.5 Å². The van der Waals surface area contributed by atoms with E-state index >= 15 is 0 Å². The summed E-state index contributed by atoms with van der Waals surface area (Å²) < 4.78 is 27.6. The summed E-state index contributed by atoms with van der Waals surface area (Å²) in [6, 6.07) is 30.8. The van der Waals surface area contributed by atoms with E-state index < -0.39 is 17.4 Å². The molecule has 0 bridgehead atoms. The van der Waals surface area contributed by atoms with Crippen molar-refractivity contribution < 1.29 is 33.0 Å². The van der Waals surface area contributed by atoms with Crippen molar-refractivity contribution in [2.45, 2.75) is 5.41 Å². The molecule has 7 nitrogen and oxygen atoms in total. The number of rotatable bonds is 12. The zero-order valence-corrected chi connectivity index (χ0v) is 24.0. The van der Waals surface area contributed by atoms with E-state index in [1.54, 1.807) is 6.26 Å². The van der Waals surface area contributed by atoms with Gasteiger partial charge in [0.1, 0.15) is 43.5 Å². The Labute approximate surface area is 254 Å². The van der Waals surface area contributed by atoms with Gasteiger partial charge < -0.3 is 23.4 Å². The summed E-state index contributed by atoms with van der Waals surface area (Å²) in [5.74, 6) is 0.361. The number of benzene rings is 4. The number of esters is 2. The van der Waals surface area contributed by atoms with Crippen LogP contribution in [0.2, 0.25) is 0 Å². The van der Waals surface area contributed by atoms with E-state index in [0.29, 0.717) is 11.5 Å². The van der Waals surface area contributed by atoms with Crippen molar-refractivity contribution in [3.63, 3.8) is 0 Å². The molecule has 6 rings (SSSR count). The highest BCUT2D eigenvalue weighted by molar-refractivity contribution is 5.94. The molecule has 0 unspecified atom stereocenters. The third-order valence-electron chi connectivity index (χ3n) is 7.72. The van der Waals surface area contributed by atoms with Crippen molar-refractivity contribution in [3.05, 3.63) is 145 Å². The average molecular weight is 587 g/mol. The number of furan rings is 1. The van der Waals surface area contributed by atoms with Crippen LogP contribution < -0.4 is 9.47 Å². The van der Waals surface area contributed by atoms with Gasteiger partial charge in [-0.05, 0) is 75.8 Å². The van der Waals surface area contributed by atoms with Crippen LogP contribution in [0.15, 0.2) is 127 Å². The molecule has 1 aromatic heterocycles. The fourth-order valence-corrected chi connectivity index (χ4v) is 5.85. The third kappa shape index (κ3) is 5.24. The Morgan fingerprint density at radius 3 is 1.80 bits per heavy atom. The number of carbonyl (C=O) groups is 2. The van der Waals surface area contributed by atoms with Gasteiger partial charge >= 0.3 is 11.9 Å². The van der Waals surface area contributed by atoms with Crippen molar-refractivity contribution in [2.75, 3.05) is 26.4 Å². The number of hydrogen-bond donors (Lipinski definition) is 0. The van der Waals surface area contributed by atoms with E-state index in [1.807, 2.05) is 30.3 Å². The van der Waals surface area contributed by atoms with Crippen LogP contribution in [-0.2, 0) is 24.5 Å². The molecule has 44 heavy (non-hydrogen) atoms. The largest absolute Gasteiger partial charge is 0.490 e. The number of ether oxygens (including phenoxy) is 4. The first-order valence-electron chi connectivity index (χ1n) is 14.2. The maximum Gasteiger partial charge on any atom is 0.330 e. The van der Waals surface area contributed by atoms with Crippen LogP contribution in [0.5, 0.6) is 11.5 Å². The molecule has 7 heteroatoms. The van der Waals surface area contributed by atoms with Crippen molar-refractivity contribution in [1.82, 2.24) is 0 Å². The topological polar surface area (TPSA) is 84.2 Å². The van der Waals surface area contributed by atoms with Crippen molar-refractivity contribution >= 4 is 22.9 Å². The normalized spacial score (nSPS) is 12.5. The van der Waals surface area contributed by atoms with Crippen LogP contribution in [-0.4, -0.2) is 38.4 Å². The summed E-state index contributed by atoms with van der Waals surface area (Å²) >= 11 is 0. The predicted molar refractivity (Wildman–Crippen MR) is 167 cm³/mol. The second kappa shape index (κ2) is 12.4. The summed E-state index contributed by atoms with van der Waals surface area (Å²) in [5, 5.41) is 1.02. The summed E-state index contributed by atoms with van der Waals surface area (Å²) in [6.07, 6.45) is 3.97. The second-order valence-corrected chi connectivity index (χ2v) is 10.1. The maximum absolute atomic E-state index is 11.3. The quantitative estimate of drug-likeness (QED) is 0.0866. The molecule has 0 radical (unpaired) electrons. The van der Waals surface area contributed by atoms with Crippen LogP contribution in [0.1, 0.15) is 22.3 Å². The molecule has 0 amide bonds. The molecular weight excluding hydrogens is 556 g/mol. The van der Waals surface area contributed by atoms with Crippen molar-refractivity contribution in [1.29, 1.82) is 0 Å². The smallest absolute Gasteiger partial charge is 0.330 e. The molecule has 0 fully saturated rings. The number of hydrogen-bond acceptors (Lipinski definition) is 7. The van der Waals surface area contributed by atoms with E-state index in [-0.39, 0.29) is 26.4 Å². The minimum atomic E-state index is -0.645. The van der Waals surface area contributed by atoms with Crippen LogP contribution in [0.25, 0.3) is 22.1 Å². The van der Waals surface area contributed by atoms with Gasteiger partial charge in [-0.15, -0.1) is 0 Å². The lowest BCUT2D eigenvalue weighted by atomic mass is 9.67. The first-order chi connectivity index (χ1) is 21.5. The van der Waals surface area contributed by atoms with Crippen molar-refractivity contribution in [2.24, 2.45) is 0 Å². The fourth-order valence-electron chi connectivity index (χ4n) is 5.85. The number of fused-ring (bicyclic) bond motifs is 4. The minimum absolute atomic E-state index is 0.128. The van der Waals surface area contributed by atoms with Crippen LogP contribution in [0, 0.1) is 0 Å². The highest BCUT2D eigenvalue weighted by Gasteiger charge is 2.46. The molecule has 220 valence electrons. The summed E-state index contributed by atoms with van der Waals surface area (Å²) in [6.45, 7) is 7.52. The van der Waals surface area contributed by atoms with E-state index in [9.17, 15) is 9.59 Å². The highest BCUT2D eigenvalue weighted by atomic mass is 16.6. The Bertz CT molecular complexity index is 1760. The molecular formula is C37H30O7. The SMILES string of the molecule is C=CC(=O)OCCOc1ccc(C2(c3ccc(OCCOC(=O)C=C)cc3)c3ccccc3-c3cc4occc4cc32)cc1. The van der Waals surface area contributed by atoms with E-state index in [2.05, 4.69) is 73.8 Å². The van der Waals surface area contributed by atoms with Gasteiger partial charge in [-0.2, -0.15) is 0 Å². The first-order valence-corrected chi connectivity index (χ1v) is 14.2. The predicted octanol–water partition coefficient (Wildman–Crippen LogP) is 7.01. The Balaban J connectivity index is 1.39. The molecule has 0 saturated carbocycles. The lowest BCUT2D eigenvalue weighted by Gasteiger charge is -2.34. The van der Waals surface area contributed by atoms with Gasteiger partial charge in [0.25, 0.3) is 0 Å². The van der Waals surface area contributed by atoms with Gasteiger partial charge in [0.2, 0.25) is 0 Å². The maximum atomic E-state index is 11.3. The molecule has 1 aliphatic carbocycles. The summed E-state index contributed by atoms with van der Waals surface area (Å²) in [4.78, 5) is 22.7. The lowest BCUT2D eigenvalue weighted by Crippen LogP contribution is -2.28. The van der Waals surface area contributed by atoms with E-state index in [4.69, 9.17) is 23.4 Å². The zero-order chi connectivity index (χ0) is 30.5. The molecule has 5 aromatic rings. The van der Waals surface area contributed by atoms with E-state index in [1.165, 1.54) is 0 Å². The molecule has 1 aliphatic rings. The van der Waals surface area contributed by atoms with Crippen molar-refractivity contribution in [3.8, 4) is 22.6 Å². The summed E-state index contributed by atoms with van der Waals surface area (Å²) in [5.41, 5.74) is 6.83.